The minimum absolute atomic E-state index is 0. The smallest absolute Gasteiger partial charge is 0.233 e. The van der Waals surface area contributed by atoms with E-state index in [9.17, 15) is 4.79 Å². The zero-order valence-electron chi connectivity index (χ0n) is 11.5. The number of amides is 1. The van der Waals surface area contributed by atoms with Gasteiger partial charge in [-0.2, -0.15) is 0 Å². The number of nitrogens with two attached hydrogens (primary N) is 1. The van der Waals surface area contributed by atoms with Crippen molar-refractivity contribution in [3.05, 3.63) is 35.9 Å². The standard InChI is InChI=1S/C14H22N2OS.ClH/c1-11(2)13(14(17)16-9-8-15)18-10-12-6-4-3-5-7-12;/h3-7,11,13H,8-10,15H2,1-2H3,(H,16,17);1H. The van der Waals surface area contributed by atoms with Crippen LogP contribution in [-0.4, -0.2) is 24.2 Å². The van der Waals surface area contributed by atoms with Crippen molar-refractivity contribution in [1.29, 1.82) is 0 Å². The summed E-state index contributed by atoms with van der Waals surface area (Å²) in [6.45, 7) is 5.18. The molecule has 0 aliphatic carbocycles. The van der Waals surface area contributed by atoms with Gasteiger partial charge in [-0.05, 0) is 11.5 Å². The first-order valence-electron chi connectivity index (χ1n) is 6.28. The van der Waals surface area contributed by atoms with Crippen molar-refractivity contribution < 1.29 is 4.79 Å². The second-order valence-corrected chi connectivity index (χ2v) is 5.67. The summed E-state index contributed by atoms with van der Waals surface area (Å²) in [6.07, 6.45) is 0. The second kappa shape index (κ2) is 10.1. The van der Waals surface area contributed by atoms with E-state index >= 15 is 0 Å². The fraction of sp³-hybridized carbons (Fsp3) is 0.500. The van der Waals surface area contributed by atoms with Crippen molar-refractivity contribution in [2.45, 2.75) is 24.9 Å². The molecule has 1 unspecified atom stereocenters. The molecule has 1 atom stereocenters. The molecular formula is C14H23ClN2OS. The summed E-state index contributed by atoms with van der Waals surface area (Å²) in [5.74, 6) is 1.27. The highest BCUT2D eigenvalue weighted by Gasteiger charge is 2.22. The van der Waals surface area contributed by atoms with Crippen molar-refractivity contribution >= 4 is 30.1 Å². The molecule has 3 N–H and O–H groups in total. The Labute approximate surface area is 126 Å². The number of carbonyl (C=O) groups is 1. The number of carbonyl (C=O) groups excluding carboxylic acids is 1. The summed E-state index contributed by atoms with van der Waals surface area (Å²) < 4.78 is 0. The molecule has 1 aromatic carbocycles. The van der Waals surface area contributed by atoms with E-state index in [4.69, 9.17) is 5.73 Å². The van der Waals surface area contributed by atoms with Crippen LogP contribution in [0.5, 0.6) is 0 Å². The van der Waals surface area contributed by atoms with E-state index in [1.807, 2.05) is 18.2 Å². The largest absolute Gasteiger partial charge is 0.354 e. The molecule has 0 aromatic heterocycles. The fourth-order valence-electron chi connectivity index (χ4n) is 1.63. The van der Waals surface area contributed by atoms with Crippen LogP contribution in [0.25, 0.3) is 0 Å². The molecule has 1 rings (SSSR count). The van der Waals surface area contributed by atoms with Crippen LogP contribution in [-0.2, 0) is 10.5 Å². The first-order valence-corrected chi connectivity index (χ1v) is 7.33. The van der Waals surface area contributed by atoms with Crippen molar-refractivity contribution in [1.82, 2.24) is 5.32 Å². The molecular weight excluding hydrogens is 280 g/mol. The monoisotopic (exact) mass is 302 g/mol. The van der Waals surface area contributed by atoms with Gasteiger partial charge in [0.25, 0.3) is 0 Å². The van der Waals surface area contributed by atoms with E-state index in [-0.39, 0.29) is 23.6 Å². The first-order chi connectivity index (χ1) is 8.65. The van der Waals surface area contributed by atoms with E-state index in [0.717, 1.165) is 5.75 Å². The molecule has 1 aromatic rings. The molecule has 0 spiro atoms. The fourth-order valence-corrected chi connectivity index (χ4v) is 2.81. The topological polar surface area (TPSA) is 55.1 Å². The number of hydrogen-bond donors (Lipinski definition) is 2. The number of hydrogen-bond acceptors (Lipinski definition) is 3. The molecule has 0 heterocycles. The highest BCUT2D eigenvalue weighted by atomic mass is 35.5. The molecule has 0 saturated heterocycles. The van der Waals surface area contributed by atoms with Gasteiger partial charge in [0.15, 0.2) is 0 Å². The predicted octanol–water partition coefficient (Wildman–Crippen LogP) is 2.44. The van der Waals surface area contributed by atoms with E-state index in [2.05, 4.69) is 31.3 Å². The molecule has 108 valence electrons. The quantitative estimate of drug-likeness (QED) is 0.813. The maximum absolute atomic E-state index is 12.0. The average molecular weight is 303 g/mol. The molecule has 19 heavy (non-hydrogen) atoms. The SMILES string of the molecule is CC(C)C(SCc1ccccc1)C(=O)NCCN.Cl. The van der Waals surface area contributed by atoms with E-state index in [1.54, 1.807) is 11.8 Å². The minimum Gasteiger partial charge on any atom is -0.354 e. The molecule has 0 saturated carbocycles. The average Bonchev–Trinajstić information content (AvgIpc) is 2.37. The third-order valence-corrected chi connectivity index (χ3v) is 4.20. The first kappa shape index (κ1) is 18.3. The summed E-state index contributed by atoms with van der Waals surface area (Å²) in [4.78, 5) is 12.0. The summed E-state index contributed by atoms with van der Waals surface area (Å²) in [5, 5.41) is 2.85. The van der Waals surface area contributed by atoms with Gasteiger partial charge in [0, 0.05) is 18.8 Å². The summed E-state index contributed by atoms with van der Waals surface area (Å²) in [7, 11) is 0. The Bertz CT molecular complexity index is 360. The molecule has 3 nitrogen and oxygen atoms in total. The number of nitrogens with one attached hydrogen (secondary N) is 1. The zero-order valence-corrected chi connectivity index (χ0v) is 13.1. The molecule has 0 fully saturated rings. The maximum Gasteiger partial charge on any atom is 0.233 e. The minimum atomic E-state index is -0.0169. The molecule has 0 aliphatic heterocycles. The predicted molar refractivity (Wildman–Crippen MR) is 85.7 cm³/mol. The maximum atomic E-state index is 12.0. The molecule has 5 heteroatoms. The lowest BCUT2D eigenvalue weighted by Crippen LogP contribution is -2.38. The van der Waals surface area contributed by atoms with Crippen molar-refractivity contribution in [2.24, 2.45) is 11.7 Å². The normalized spacial score (nSPS) is 11.8. The Balaban J connectivity index is 0.00000324. The lowest BCUT2D eigenvalue weighted by atomic mass is 10.1. The van der Waals surface area contributed by atoms with E-state index in [1.165, 1.54) is 5.56 Å². The van der Waals surface area contributed by atoms with Crippen molar-refractivity contribution in [3.8, 4) is 0 Å². The zero-order chi connectivity index (χ0) is 13.4. The number of thioether (sulfide) groups is 1. The van der Waals surface area contributed by atoms with Crippen LogP contribution in [0, 0.1) is 5.92 Å². The Hall–Kier alpha value is -0.710. The van der Waals surface area contributed by atoms with Gasteiger partial charge < -0.3 is 11.1 Å². The molecule has 1 amide bonds. The van der Waals surface area contributed by atoms with Crippen LogP contribution in [0.4, 0.5) is 0 Å². The van der Waals surface area contributed by atoms with Crippen molar-refractivity contribution in [2.75, 3.05) is 13.1 Å². The number of benzene rings is 1. The summed E-state index contributed by atoms with van der Waals surface area (Å²) in [5.41, 5.74) is 6.65. The third-order valence-electron chi connectivity index (χ3n) is 2.58. The highest BCUT2D eigenvalue weighted by Crippen LogP contribution is 2.23. The van der Waals surface area contributed by atoms with Crippen LogP contribution in [0.15, 0.2) is 30.3 Å². The number of halogens is 1. The lowest BCUT2D eigenvalue weighted by Gasteiger charge is -2.19. The Kier molecular flexibility index (Phi) is 9.74. The van der Waals surface area contributed by atoms with E-state index in [0.29, 0.717) is 19.0 Å². The van der Waals surface area contributed by atoms with Gasteiger partial charge in [0.2, 0.25) is 5.91 Å². The summed E-state index contributed by atoms with van der Waals surface area (Å²) >= 11 is 1.69. The van der Waals surface area contributed by atoms with Gasteiger partial charge in [-0.3, -0.25) is 4.79 Å². The molecule has 0 radical (unpaired) electrons. The third kappa shape index (κ3) is 6.85. The lowest BCUT2D eigenvalue weighted by molar-refractivity contribution is -0.121. The van der Waals surface area contributed by atoms with Gasteiger partial charge in [-0.25, -0.2) is 0 Å². The second-order valence-electron chi connectivity index (χ2n) is 4.54. The number of rotatable bonds is 7. The van der Waals surface area contributed by atoms with Crippen LogP contribution in [0.1, 0.15) is 19.4 Å². The Morgan fingerprint density at radius 1 is 1.32 bits per heavy atom. The van der Waals surface area contributed by atoms with Gasteiger partial charge in [0.1, 0.15) is 0 Å². The van der Waals surface area contributed by atoms with E-state index < -0.39 is 0 Å². The summed E-state index contributed by atoms with van der Waals surface area (Å²) in [6, 6.07) is 10.2. The van der Waals surface area contributed by atoms with Crippen LogP contribution in [0.2, 0.25) is 0 Å². The molecule has 0 aliphatic rings. The van der Waals surface area contributed by atoms with Crippen LogP contribution >= 0.6 is 24.2 Å². The van der Waals surface area contributed by atoms with Crippen LogP contribution < -0.4 is 11.1 Å². The van der Waals surface area contributed by atoms with Gasteiger partial charge in [-0.1, -0.05) is 44.2 Å². The Morgan fingerprint density at radius 2 is 1.95 bits per heavy atom. The molecule has 0 bridgehead atoms. The Morgan fingerprint density at radius 3 is 2.47 bits per heavy atom. The van der Waals surface area contributed by atoms with Crippen LogP contribution in [0.3, 0.4) is 0 Å². The van der Waals surface area contributed by atoms with Crippen molar-refractivity contribution in [3.63, 3.8) is 0 Å². The van der Waals surface area contributed by atoms with Gasteiger partial charge in [0.05, 0.1) is 5.25 Å². The van der Waals surface area contributed by atoms with Gasteiger partial charge >= 0.3 is 0 Å². The highest BCUT2D eigenvalue weighted by molar-refractivity contribution is 7.99. The van der Waals surface area contributed by atoms with Gasteiger partial charge in [-0.15, -0.1) is 24.2 Å².